The molecular weight excluding hydrogens is 590 g/mol. The second-order valence-electron chi connectivity index (χ2n) is 9.80. The van der Waals surface area contributed by atoms with Crippen LogP contribution in [0.3, 0.4) is 0 Å². The lowest BCUT2D eigenvalue weighted by Gasteiger charge is -2.48. The van der Waals surface area contributed by atoms with Gasteiger partial charge in [0.25, 0.3) is 0 Å². The highest BCUT2D eigenvalue weighted by molar-refractivity contribution is 9.25. The first kappa shape index (κ1) is 29.4. The molecule has 36 heavy (non-hydrogen) atoms. The van der Waals surface area contributed by atoms with Gasteiger partial charge in [-0.2, -0.15) is 0 Å². The number of guanidine groups is 1. The van der Waals surface area contributed by atoms with E-state index in [1.165, 1.54) is 44.9 Å². The van der Waals surface area contributed by atoms with Crippen LogP contribution in [0.2, 0.25) is 0 Å². The maximum atomic E-state index is 12.6. The molecule has 0 aromatic heterocycles. The van der Waals surface area contributed by atoms with Gasteiger partial charge in [0.2, 0.25) is 5.96 Å². The van der Waals surface area contributed by atoms with Gasteiger partial charge < -0.3 is 19.9 Å². The molecule has 2 aliphatic rings. The van der Waals surface area contributed by atoms with Gasteiger partial charge in [0.05, 0.1) is 25.2 Å². The lowest BCUT2D eigenvalue weighted by Crippen LogP contribution is -2.70. The van der Waals surface area contributed by atoms with Crippen LogP contribution in [-0.4, -0.2) is 45.4 Å². The third kappa shape index (κ3) is 7.92. The number of amides is 1. The molecule has 0 aliphatic carbocycles. The minimum Gasteiger partial charge on any atom is -0.444 e. The molecule has 0 bridgehead atoms. The van der Waals surface area contributed by atoms with Gasteiger partial charge in [-0.15, -0.1) is 0 Å². The first-order chi connectivity index (χ1) is 17.4. The summed E-state index contributed by atoms with van der Waals surface area (Å²) in [5, 5.41) is 16.4. The summed E-state index contributed by atoms with van der Waals surface area (Å²) in [4.78, 5) is 17.4. The van der Waals surface area contributed by atoms with Gasteiger partial charge in [0.1, 0.15) is 9.84 Å². The number of alkyl halides is 2. The van der Waals surface area contributed by atoms with Gasteiger partial charge in [0.15, 0.2) is 5.72 Å². The molecule has 7 nitrogen and oxygen atoms in total. The molecule has 202 valence electrons. The molecule has 0 saturated carbocycles. The molecule has 3 atom stereocenters. The van der Waals surface area contributed by atoms with Crippen LogP contribution in [-0.2, 0) is 16.1 Å². The highest BCUT2D eigenvalue weighted by atomic mass is 79.9. The van der Waals surface area contributed by atoms with E-state index in [1.807, 2.05) is 30.3 Å². The van der Waals surface area contributed by atoms with Crippen molar-refractivity contribution in [2.45, 2.75) is 99.2 Å². The van der Waals surface area contributed by atoms with Gasteiger partial charge in [0, 0.05) is 6.42 Å². The topological polar surface area (TPSA) is 92.2 Å². The average Bonchev–Trinajstić information content (AvgIpc) is 3.15. The molecule has 1 saturated heterocycles. The summed E-state index contributed by atoms with van der Waals surface area (Å²) >= 11 is 7.54. The van der Waals surface area contributed by atoms with Crippen molar-refractivity contribution in [3.05, 3.63) is 35.9 Å². The number of unbranched alkanes of at least 4 members (excludes halogenated alkanes) is 8. The fourth-order valence-corrected chi connectivity index (χ4v) is 6.40. The van der Waals surface area contributed by atoms with E-state index in [-0.39, 0.29) is 25.2 Å². The number of ether oxygens (including phenoxy) is 2. The second kappa shape index (κ2) is 14.7. The largest absolute Gasteiger partial charge is 0.444 e. The minimum absolute atomic E-state index is 0.0801. The first-order valence-electron chi connectivity index (χ1n) is 13.4. The Morgan fingerprint density at radius 3 is 2.42 bits per heavy atom. The van der Waals surface area contributed by atoms with Gasteiger partial charge in [-0.25, -0.2) is 9.79 Å². The zero-order valence-corrected chi connectivity index (χ0v) is 24.5. The summed E-state index contributed by atoms with van der Waals surface area (Å²) in [6.07, 6.45) is 12.1. The van der Waals surface area contributed by atoms with E-state index in [0.717, 1.165) is 24.8 Å². The van der Waals surface area contributed by atoms with E-state index in [9.17, 15) is 9.90 Å². The fourth-order valence-electron chi connectivity index (χ4n) is 5.06. The normalized spacial score (nSPS) is 24.8. The van der Waals surface area contributed by atoms with Crippen LogP contribution in [0.25, 0.3) is 0 Å². The number of nitrogens with zero attached hydrogens (tertiary/aromatic N) is 1. The number of hydrogen-bond donors (Lipinski definition) is 3. The summed E-state index contributed by atoms with van der Waals surface area (Å²) in [5.74, 6) is 0.0301. The standard InChI is InChI=1S/C27H41Br2N3O4/c1-2-3-4-5-6-7-8-9-13-16-23-22(19-33)27(26(28,29)17-18-36-27)32-24(30-23)31-25(34)35-20-21-14-11-10-12-15-21/h10-12,14-15,22-23,33H,2-9,13,16-20H2,1H3,(H2,30,31,32,34)/t22-,23+,27-/m1/s1. The number of rotatable bonds is 13. The zero-order chi connectivity index (χ0) is 25.9. The van der Waals surface area contributed by atoms with E-state index in [4.69, 9.17) is 14.5 Å². The SMILES string of the molecule is CCCCCCCCCCC[C@@H]1N=C(NC(=O)OCc2ccccc2)N[C@@]2(OCCC2(Br)Br)[C@@H]1CO. The molecule has 0 unspecified atom stereocenters. The van der Waals surface area contributed by atoms with E-state index in [1.54, 1.807) is 0 Å². The van der Waals surface area contributed by atoms with Gasteiger partial charge in [-0.05, 0) is 12.0 Å². The predicted molar refractivity (Wildman–Crippen MR) is 150 cm³/mol. The molecule has 9 heteroatoms. The Morgan fingerprint density at radius 2 is 1.81 bits per heavy atom. The van der Waals surface area contributed by atoms with Crippen molar-refractivity contribution in [3.63, 3.8) is 0 Å². The number of aliphatic hydroxyl groups excluding tert-OH is 1. The summed E-state index contributed by atoms with van der Waals surface area (Å²) in [6.45, 7) is 2.84. The van der Waals surface area contributed by atoms with E-state index < -0.39 is 15.1 Å². The van der Waals surface area contributed by atoms with Crippen molar-refractivity contribution in [2.24, 2.45) is 10.9 Å². The predicted octanol–water partition coefficient (Wildman–Crippen LogP) is 6.37. The van der Waals surface area contributed by atoms with E-state index in [0.29, 0.717) is 19.0 Å². The van der Waals surface area contributed by atoms with Crippen molar-refractivity contribution in [2.75, 3.05) is 13.2 Å². The first-order valence-corrected chi connectivity index (χ1v) is 15.0. The lowest BCUT2D eigenvalue weighted by atomic mass is 9.83. The number of nitrogens with one attached hydrogen (secondary N) is 2. The van der Waals surface area contributed by atoms with E-state index in [2.05, 4.69) is 49.4 Å². The number of aliphatic hydroxyl groups is 1. The Labute approximate surface area is 232 Å². The minimum atomic E-state index is -0.949. The summed E-state index contributed by atoms with van der Waals surface area (Å²) in [7, 11) is 0. The smallest absolute Gasteiger partial charge is 0.414 e. The zero-order valence-electron chi connectivity index (χ0n) is 21.3. The highest BCUT2D eigenvalue weighted by Crippen LogP contribution is 2.52. The Hall–Kier alpha value is -1.16. The maximum Gasteiger partial charge on any atom is 0.414 e. The lowest BCUT2D eigenvalue weighted by molar-refractivity contribution is -0.0867. The number of alkyl carbamates (subject to hydrolysis) is 1. The average molecular weight is 631 g/mol. The van der Waals surface area contributed by atoms with Crippen molar-refractivity contribution < 1.29 is 19.4 Å². The molecule has 1 amide bonds. The number of carbonyl (C=O) groups is 1. The van der Waals surface area contributed by atoms with Crippen LogP contribution in [0.15, 0.2) is 35.3 Å². The monoisotopic (exact) mass is 629 g/mol. The number of aliphatic imine (C=N–C) groups is 1. The summed E-state index contributed by atoms with van der Waals surface area (Å²) < 4.78 is 11.0. The van der Waals surface area contributed by atoms with Crippen molar-refractivity contribution >= 4 is 43.9 Å². The van der Waals surface area contributed by atoms with Crippen LogP contribution in [0.5, 0.6) is 0 Å². The molecule has 1 aromatic rings. The van der Waals surface area contributed by atoms with Gasteiger partial charge in [-0.3, -0.25) is 5.32 Å². The number of benzene rings is 1. The maximum absolute atomic E-state index is 12.6. The third-order valence-corrected chi connectivity index (χ3v) is 9.08. The Kier molecular flexibility index (Phi) is 12.0. The van der Waals surface area contributed by atoms with Crippen LogP contribution in [0.1, 0.15) is 83.1 Å². The number of hydrogen-bond acceptors (Lipinski definition) is 6. The second-order valence-corrected chi connectivity index (χ2v) is 13.6. The molecule has 3 rings (SSSR count). The van der Waals surface area contributed by atoms with Crippen molar-refractivity contribution in [1.82, 2.24) is 10.6 Å². The third-order valence-electron chi connectivity index (χ3n) is 7.11. The van der Waals surface area contributed by atoms with Crippen LogP contribution >= 0.6 is 31.9 Å². The van der Waals surface area contributed by atoms with Crippen LogP contribution < -0.4 is 10.6 Å². The highest BCUT2D eigenvalue weighted by Gasteiger charge is 2.62. The quantitative estimate of drug-likeness (QED) is 0.174. The summed E-state index contributed by atoms with van der Waals surface area (Å²) in [5.41, 5.74) is -0.0412. The molecule has 2 aliphatic heterocycles. The van der Waals surface area contributed by atoms with Crippen molar-refractivity contribution in [1.29, 1.82) is 0 Å². The van der Waals surface area contributed by atoms with Crippen LogP contribution in [0.4, 0.5) is 4.79 Å². The fraction of sp³-hybridized carbons (Fsp3) is 0.704. The molecule has 0 radical (unpaired) electrons. The number of carbonyl (C=O) groups excluding carboxylic acids is 1. The molecule has 1 spiro atoms. The molecular formula is C27H41Br2N3O4. The summed E-state index contributed by atoms with van der Waals surface area (Å²) in [6, 6.07) is 9.34. The molecule has 2 heterocycles. The molecule has 3 N–H and O–H groups in total. The van der Waals surface area contributed by atoms with Gasteiger partial charge >= 0.3 is 6.09 Å². The molecule has 1 fully saturated rings. The Balaban J connectivity index is 1.60. The van der Waals surface area contributed by atoms with E-state index >= 15 is 0 Å². The van der Waals surface area contributed by atoms with Crippen molar-refractivity contribution in [3.8, 4) is 0 Å². The number of halogens is 2. The Morgan fingerprint density at radius 1 is 1.14 bits per heavy atom. The molecule has 1 aromatic carbocycles. The van der Waals surface area contributed by atoms with Crippen LogP contribution in [0, 0.1) is 5.92 Å². The van der Waals surface area contributed by atoms with Gasteiger partial charge in [-0.1, -0.05) is 127 Å². The Bertz CT molecular complexity index is 840.